The quantitative estimate of drug-likeness (QED) is 0.208. The largest absolute Gasteiger partial charge is 0.444 e. The van der Waals surface area contributed by atoms with Gasteiger partial charge < -0.3 is 19.5 Å². The lowest BCUT2D eigenvalue weighted by Gasteiger charge is -2.37. The van der Waals surface area contributed by atoms with Crippen molar-refractivity contribution in [3.05, 3.63) is 61.6 Å². The number of pyridine rings is 1. The lowest BCUT2D eigenvalue weighted by atomic mass is 10.1. The molecule has 302 valence electrons. The molecule has 0 saturated carbocycles. The Labute approximate surface area is 330 Å². The molecule has 0 bridgehead atoms. The number of rotatable bonds is 8. The van der Waals surface area contributed by atoms with Crippen molar-refractivity contribution in [1.29, 1.82) is 0 Å². The number of ether oxygens (including phenoxy) is 2. The van der Waals surface area contributed by atoms with Crippen LogP contribution in [0.25, 0.3) is 39.1 Å². The van der Waals surface area contributed by atoms with E-state index >= 15 is 0 Å². The van der Waals surface area contributed by atoms with E-state index < -0.39 is 27.6 Å². The zero-order chi connectivity index (χ0) is 40.3. The van der Waals surface area contributed by atoms with Gasteiger partial charge in [-0.15, -0.1) is 0 Å². The minimum Gasteiger partial charge on any atom is -0.444 e. The summed E-state index contributed by atoms with van der Waals surface area (Å²) in [5.41, 5.74) is 2.73. The van der Waals surface area contributed by atoms with Gasteiger partial charge in [-0.2, -0.15) is 37.4 Å². The summed E-state index contributed by atoms with van der Waals surface area (Å²) in [6.07, 6.45) is 13.3. The van der Waals surface area contributed by atoms with Gasteiger partial charge in [-0.1, -0.05) is 0 Å². The van der Waals surface area contributed by atoms with Gasteiger partial charge in [-0.05, 0) is 85.4 Å². The Kier molecular flexibility index (Phi) is 9.90. The highest BCUT2D eigenvalue weighted by atomic mass is 32.2. The molecule has 8 heterocycles. The molecular formula is C38H48N12O6S. The van der Waals surface area contributed by atoms with Gasteiger partial charge in [-0.3, -0.25) is 19.2 Å². The Bertz CT molecular complexity index is 2510. The number of hydrogen-bond donors (Lipinski definition) is 1. The molecule has 2 aliphatic heterocycles. The fourth-order valence-corrected chi connectivity index (χ4v) is 8.56. The van der Waals surface area contributed by atoms with Crippen LogP contribution in [0.5, 0.6) is 0 Å². The molecule has 0 aromatic carbocycles. The van der Waals surface area contributed by atoms with E-state index in [-0.39, 0.29) is 23.2 Å². The van der Waals surface area contributed by atoms with Crippen molar-refractivity contribution < 1.29 is 27.8 Å². The van der Waals surface area contributed by atoms with Gasteiger partial charge >= 0.3 is 16.1 Å². The molecule has 1 amide bonds. The van der Waals surface area contributed by atoms with E-state index in [1.165, 1.54) is 16.9 Å². The zero-order valence-corrected chi connectivity index (χ0v) is 33.7. The van der Waals surface area contributed by atoms with Crippen molar-refractivity contribution in [2.45, 2.75) is 102 Å². The molecule has 2 saturated heterocycles. The third-order valence-corrected chi connectivity index (χ3v) is 11.7. The summed E-state index contributed by atoms with van der Waals surface area (Å²) in [4.78, 5) is 25.1. The SMILES string of the molecule is CC(C)(C)OC(=O)N1CCC(n2cc(-c3cnc4cnn(S(=O)(=O)c5cnc6ccc(-c7cnn(C8CCN(C(O)OC(C)(C)C)CC8)c7)nn56)c4c3)cn2)CC1. The Morgan fingerprint density at radius 1 is 0.789 bits per heavy atom. The minimum atomic E-state index is -4.29. The molecule has 19 heteroatoms. The second-order valence-electron chi connectivity index (χ2n) is 16.6. The summed E-state index contributed by atoms with van der Waals surface area (Å²) >= 11 is 0. The van der Waals surface area contributed by atoms with Crippen LogP contribution in [-0.4, -0.2) is 122 Å². The monoisotopic (exact) mass is 800 g/mol. The predicted molar refractivity (Wildman–Crippen MR) is 208 cm³/mol. The van der Waals surface area contributed by atoms with E-state index in [9.17, 15) is 18.3 Å². The number of likely N-dealkylation sites (tertiary alicyclic amines) is 2. The van der Waals surface area contributed by atoms with E-state index in [0.29, 0.717) is 54.1 Å². The van der Waals surface area contributed by atoms with Crippen LogP contribution in [0.4, 0.5) is 4.79 Å². The maximum atomic E-state index is 14.3. The minimum absolute atomic E-state index is 0.0917. The van der Waals surface area contributed by atoms with Gasteiger partial charge in [0.15, 0.2) is 10.7 Å². The van der Waals surface area contributed by atoms with Crippen LogP contribution in [0.15, 0.2) is 66.6 Å². The number of carbonyl (C=O) groups excluding carboxylic acids is 1. The van der Waals surface area contributed by atoms with E-state index in [2.05, 4.69) is 25.3 Å². The molecule has 57 heavy (non-hydrogen) atoms. The second kappa shape index (κ2) is 14.6. The van der Waals surface area contributed by atoms with E-state index in [0.717, 1.165) is 40.9 Å². The number of fused-ring (bicyclic) bond motifs is 2. The lowest BCUT2D eigenvalue weighted by Crippen LogP contribution is -2.46. The maximum absolute atomic E-state index is 14.3. The summed E-state index contributed by atoms with van der Waals surface area (Å²) in [7, 11) is -4.29. The Morgan fingerprint density at radius 3 is 2.11 bits per heavy atom. The fourth-order valence-electron chi connectivity index (χ4n) is 7.26. The average Bonchev–Trinajstić information content (AvgIpc) is 3.99. The van der Waals surface area contributed by atoms with Gasteiger partial charge in [0.05, 0.1) is 48.2 Å². The summed E-state index contributed by atoms with van der Waals surface area (Å²) in [6, 6.07) is 5.45. The molecule has 1 unspecified atom stereocenters. The number of amides is 1. The van der Waals surface area contributed by atoms with Crippen LogP contribution in [0.2, 0.25) is 0 Å². The van der Waals surface area contributed by atoms with Crippen LogP contribution >= 0.6 is 0 Å². The standard InChI is InChI=1S/C38H48N12O6S/c1-37(2,3)55-35(51)45-13-9-28(10-14-45)47-23-26(19-41-47)25-17-32-31(39-18-25)21-43-50(32)57(53,54)34-22-40-33-8-7-30(44-49(33)34)27-20-42-48(24-27)29-11-15-46(16-12-29)36(52)56-38(4,5)6/h7-8,17-24,28-29,36,52H,9-16H2,1-6H3. The summed E-state index contributed by atoms with van der Waals surface area (Å²) in [5.74, 6) is 0. The molecule has 8 rings (SSSR count). The lowest BCUT2D eigenvalue weighted by molar-refractivity contribution is -0.243. The number of aliphatic hydroxyl groups is 1. The summed E-state index contributed by atoms with van der Waals surface area (Å²) in [6.45, 7) is 13.7. The van der Waals surface area contributed by atoms with Gasteiger partial charge in [0, 0.05) is 61.5 Å². The van der Waals surface area contributed by atoms with Crippen LogP contribution in [-0.2, 0) is 19.5 Å². The zero-order valence-electron chi connectivity index (χ0n) is 32.9. The number of imidazole rings is 1. The van der Waals surface area contributed by atoms with Crippen molar-refractivity contribution in [3.8, 4) is 22.4 Å². The first-order valence-corrected chi connectivity index (χ1v) is 20.6. The molecule has 0 aliphatic carbocycles. The van der Waals surface area contributed by atoms with Crippen molar-refractivity contribution >= 4 is 32.8 Å². The highest BCUT2D eigenvalue weighted by Gasteiger charge is 2.31. The number of hydrogen-bond acceptors (Lipinski definition) is 13. The molecule has 6 aromatic rings. The van der Waals surface area contributed by atoms with E-state index in [1.807, 2.05) is 68.2 Å². The van der Waals surface area contributed by atoms with Gasteiger partial charge in [0.25, 0.3) is 0 Å². The molecule has 1 N–H and O–H groups in total. The Hall–Kier alpha value is -5.24. The van der Waals surface area contributed by atoms with Crippen molar-refractivity contribution in [2.75, 3.05) is 26.2 Å². The molecule has 18 nitrogen and oxygen atoms in total. The number of piperidine rings is 2. The first-order chi connectivity index (χ1) is 27.0. The highest BCUT2D eigenvalue weighted by Crippen LogP contribution is 2.30. The molecular weight excluding hydrogens is 753 g/mol. The Balaban J connectivity index is 0.988. The van der Waals surface area contributed by atoms with Crippen LogP contribution in [0.3, 0.4) is 0 Å². The van der Waals surface area contributed by atoms with E-state index in [4.69, 9.17) is 14.6 Å². The van der Waals surface area contributed by atoms with Crippen LogP contribution < -0.4 is 0 Å². The number of aromatic nitrogens is 10. The molecule has 2 aliphatic rings. The third-order valence-electron chi connectivity index (χ3n) is 10.2. The second-order valence-corrected chi connectivity index (χ2v) is 18.4. The average molecular weight is 801 g/mol. The number of aliphatic hydroxyl groups excluding tert-OH is 1. The number of carbonyl (C=O) groups is 1. The number of nitrogens with zero attached hydrogens (tertiary/aromatic N) is 12. The predicted octanol–water partition coefficient (Wildman–Crippen LogP) is 4.74. The smallest absolute Gasteiger partial charge is 0.410 e. The molecule has 0 spiro atoms. The van der Waals surface area contributed by atoms with Crippen LogP contribution in [0, 0.1) is 0 Å². The molecule has 6 aromatic heterocycles. The Morgan fingerprint density at radius 2 is 1.44 bits per heavy atom. The molecule has 0 radical (unpaired) electrons. The third kappa shape index (κ3) is 8.01. The summed E-state index contributed by atoms with van der Waals surface area (Å²) in [5, 5.41) is 28.5. The van der Waals surface area contributed by atoms with Crippen LogP contribution in [0.1, 0.15) is 79.3 Å². The molecule has 1 atom stereocenters. The maximum Gasteiger partial charge on any atom is 0.410 e. The van der Waals surface area contributed by atoms with Gasteiger partial charge in [-0.25, -0.2) is 9.78 Å². The normalized spacial score (nSPS) is 17.5. The highest BCUT2D eigenvalue weighted by molar-refractivity contribution is 7.90. The van der Waals surface area contributed by atoms with E-state index in [1.54, 1.807) is 41.7 Å². The summed E-state index contributed by atoms with van der Waals surface area (Å²) < 4.78 is 45.9. The van der Waals surface area contributed by atoms with Crippen molar-refractivity contribution in [3.63, 3.8) is 0 Å². The molecule has 2 fully saturated rings. The van der Waals surface area contributed by atoms with Crippen molar-refractivity contribution in [1.82, 2.24) is 58.1 Å². The topological polar surface area (TPSA) is 193 Å². The van der Waals surface area contributed by atoms with Gasteiger partial charge in [0.2, 0.25) is 6.41 Å². The van der Waals surface area contributed by atoms with Crippen molar-refractivity contribution in [2.24, 2.45) is 0 Å². The first-order valence-electron chi connectivity index (χ1n) is 19.1. The van der Waals surface area contributed by atoms with Gasteiger partial charge in [0.1, 0.15) is 16.6 Å². The first kappa shape index (κ1) is 38.6. The fraction of sp³-hybridized carbons (Fsp3) is 0.500.